The van der Waals surface area contributed by atoms with Crippen molar-refractivity contribution in [3.8, 4) is 5.69 Å². The number of hydrogen-bond donors (Lipinski definition) is 3. The lowest BCUT2D eigenvalue weighted by Gasteiger charge is -2.38. The number of fused-ring (bicyclic) bond motifs is 1. The van der Waals surface area contributed by atoms with Gasteiger partial charge in [-0.3, -0.25) is 14.4 Å². The molecule has 3 aromatic carbocycles. The van der Waals surface area contributed by atoms with Gasteiger partial charge in [0.2, 0.25) is 5.91 Å². The van der Waals surface area contributed by atoms with Crippen molar-refractivity contribution in [2.24, 2.45) is 0 Å². The number of amides is 5. The maximum atomic E-state index is 14.5. The topological polar surface area (TPSA) is 246 Å². The van der Waals surface area contributed by atoms with Crippen molar-refractivity contribution >= 4 is 85.2 Å². The molecule has 0 spiro atoms. The van der Waals surface area contributed by atoms with E-state index < -0.39 is 62.9 Å². The molecule has 20 nitrogen and oxygen atoms in total. The summed E-state index contributed by atoms with van der Waals surface area (Å²) in [6.07, 6.45) is 1.07. The van der Waals surface area contributed by atoms with Crippen molar-refractivity contribution < 1.29 is 46.7 Å². The molecule has 0 bridgehead atoms. The Labute approximate surface area is 384 Å². The van der Waals surface area contributed by atoms with Crippen LogP contribution in [0.5, 0.6) is 0 Å². The van der Waals surface area contributed by atoms with Crippen LogP contribution < -0.4 is 20.9 Å². The number of esters is 1. The van der Waals surface area contributed by atoms with Crippen molar-refractivity contribution in [3.05, 3.63) is 89.3 Å². The number of anilines is 3. The van der Waals surface area contributed by atoms with E-state index in [4.69, 9.17) is 21.1 Å². The fraction of sp³-hybridized carbons (Fsp3) is 0.386. The molecule has 5 aromatic rings. The molecule has 66 heavy (non-hydrogen) atoms. The molecule has 7 rings (SSSR count). The number of rotatable bonds is 10. The average molecular weight is 945 g/mol. The van der Waals surface area contributed by atoms with E-state index in [1.807, 2.05) is 0 Å². The number of piperazine rings is 1. The molecule has 1 unspecified atom stereocenters. The fourth-order valence-electron chi connectivity index (χ4n) is 7.54. The third-order valence-electron chi connectivity index (χ3n) is 10.5. The summed E-state index contributed by atoms with van der Waals surface area (Å²) in [4.78, 5) is 84.9. The van der Waals surface area contributed by atoms with Crippen LogP contribution in [0.15, 0.2) is 73.1 Å². The Bertz CT molecular complexity index is 2800. The minimum Gasteiger partial charge on any atom is -0.455 e. The summed E-state index contributed by atoms with van der Waals surface area (Å²) in [5.74, 6) is -3.34. The Morgan fingerprint density at radius 2 is 1.50 bits per heavy atom. The van der Waals surface area contributed by atoms with E-state index in [1.165, 1.54) is 45.1 Å². The molecule has 2 fully saturated rings. The molecular formula is C44H49ClN10O10S. The molecule has 4 heterocycles. The highest BCUT2D eigenvalue weighted by Crippen LogP contribution is 2.31. The zero-order valence-electron chi connectivity index (χ0n) is 37.0. The monoisotopic (exact) mass is 944 g/mol. The van der Waals surface area contributed by atoms with Gasteiger partial charge in [-0.15, -0.1) is 5.10 Å². The highest BCUT2D eigenvalue weighted by Gasteiger charge is 2.41. The lowest BCUT2D eigenvalue weighted by Crippen LogP contribution is -2.60. The molecule has 0 radical (unpaired) electrons. The Kier molecular flexibility index (Phi) is 13.2. The van der Waals surface area contributed by atoms with Gasteiger partial charge in [-0.05, 0) is 125 Å². The number of carbonyl (C=O) groups is 6. The normalized spacial score (nSPS) is 16.2. The number of aromatic nitrogens is 5. The van der Waals surface area contributed by atoms with Gasteiger partial charge in [0.05, 0.1) is 28.4 Å². The average Bonchev–Trinajstić information content (AvgIpc) is 3.90. The maximum Gasteiger partial charge on any atom is 0.419 e. The van der Waals surface area contributed by atoms with Gasteiger partial charge < -0.3 is 35.2 Å². The van der Waals surface area contributed by atoms with Gasteiger partial charge in [-0.1, -0.05) is 23.7 Å². The maximum absolute atomic E-state index is 14.5. The van der Waals surface area contributed by atoms with Crippen LogP contribution in [0.3, 0.4) is 0 Å². The third-order valence-corrected chi connectivity index (χ3v) is 12.5. The smallest absolute Gasteiger partial charge is 0.419 e. The van der Waals surface area contributed by atoms with Gasteiger partial charge >= 0.3 is 29.9 Å². The van der Waals surface area contributed by atoms with Crippen LogP contribution in [-0.2, 0) is 40.1 Å². The van der Waals surface area contributed by atoms with Crippen molar-refractivity contribution in [1.82, 2.24) is 35.0 Å². The minimum atomic E-state index is -3.11. The summed E-state index contributed by atoms with van der Waals surface area (Å²) >= 11 is 6.35. The quantitative estimate of drug-likeness (QED) is 0.122. The summed E-state index contributed by atoms with van der Waals surface area (Å²) in [5.41, 5.74) is 0.310. The number of sulfone groups is 1. The van der Waals surface area contributed by atoms with E-state index in [0.29, 0.717) is 45.7 Å². The molecule has 22 heteroatoms. The molecule has 348 valence electrons. The van der Waals surface area contributed by atoms with E-state index >= 15 is 0 Å². The molecule has 2 saturated heterocycles. The van der Waals surface area contributed by atoms with Gasteiger partial charge in [-0.2, -0.15) is 4.68 Å². The summed E-state index contributed by atoms with van der Waals surface area (Å²) < 4.78 is 37.3. The Morgan fingerprint density at radius 1 is 0.818 bits per heavy atom. The highest BCUT2D eigenvalue weighted by atomic mass is 35.5. The van der Waals surface area contributed by atoms with Crippen molar-refractivity contribution in [2.45, 2.75) is 84.1 Å². The number of halogens is 1. The largest absolute Gasteiger partial charge is 0.455 e. The summed E-state index contributed by atoms with van der Waals surface area (Å²) in [7, 11) is -3.11. The van der Waals surface area contributed by atoms with Crippen molar-refractivity contribution in [1.29, 1.82) is 0 Å². The van der Waals surface area contributed by atoms with Crippen molar-refractivity contribution in [2.75, 3.05) is 40.1 Å². The lowest BCUT2D eigenvalue weighted by molar-refractivity contribution is -0.149. The van der Waals surface area contributed by atoms with Crippen LogP contribution in [0.2, 0.25) is 5.02 Å². The summed E-state index contributed by atoms with van der Waals surface area (Å²) in [6.45, 7) is 10.0. The van der Waals surface area contributed by atoms with E-state index in [2.05, 4.69) is 31.5 Å². The Morgan fingerprint density at radius 3 is 2.15 bits per heavy atom. The first kappa shape index (κ1) is 47.1. The second kappa shape index (κ2) is 18.6. The van der Waals surface area contributed by atoms with Crippen LogP contribution in [0.25, 0.3) is 16.6 Å². The van der Waals surface area contributed by atoms with E-state index in [1.54, 1.807) is 84.0 Å². The van der Waals surface area contributed by atoms with E-state index in [9.17, 15) is 37.2 Å². The first-order chi connectivity index (χ1) is 31.0. The number of nitrogens with zero attached hydrogens (tertiary/aromatic N) is 7. The molecular weight excluding hydrogens is 896 g/mol. The number of ether oxygens (including phenoxy) is 2. The molecule has 2 aliphatic heterocycles. The predicted molar refractivity (Wildman–Crippen MR) is 243 cm³/mol. The second-order valence-electron chi connectivity index (χ2n) is 17.9. The third kappa shape index (κ3) is 11.1. The van der Waals surface area contributed by atoms with E-state index in [0.717, 1.165) is 4.57 Å². The first-order valence-corrected chi connectivity index (χ1v) is 23.2. The number of hydrogen-bond acceptors (Lipinski definition) is 13. The van der Waals surface area contributed by atoms with Crippen LogP contribution in [0.1, 0.15) is 70.4 Å². The zero-order valence-corrected chi connectivity index (χ0v) is 38.6. The Hall–Kier alpha value is -6.87. The highest BCUT2D eigenvalue weighted by molar-refractivity contribution is 7.91. The summed E-state index contributed by atoms with van der Waals surface area (Å²) in [5, 5.41) is 20.4. The summed E-state index contributed by atoms with van der Waals surface area (Å²) in [6, 6.07) is 15.3. The molecule has 2 aromatic heterocycles. The zero-order chi connectivity index (χ0) is 47.7. The molecule has 3 N–H and O–H groups in total. The molecule has 0 saturated carbocycles. The number of benzene rings is 3. The second-order valence-corrected chi connectivity index (χ2v) is 20.6. The molecule has 2 aliphatic rings. The molecule has 0 aliphatic carbocycles. The Balaban J connectivity index is 1.16. The minimum absolute atomic E-state index is 0.00184. The lowest BCUT2D eigenvalue weighted by atomic mass is 10.0. The van der Waals surface area contributed by atoms with Crippen LogP contribution in [-0.4, -0.2) is 122 Å². The number of urea groups is 1. The molecule has 1 atom stereocenters. The SMILES string of the molecule is CC(C)(C)OC(=O)c1cc2cc(NC(=O)C(Cc3ccc(NC(=O)NC4CCS(=O)(=O)CC4)cc3)N3CCN(c4cc(Cl)ccc4-n4cnnn4)C(=O)C3=O)ccc2n1C(=O)OC(C)(C)C. The van der Waals surface area contributed by atoms with Crippen LogP contribution >= 0.6 is 11.6 Å². The van der Waals surface area contributed by atoms with Gasteiger partial charge in [0.25, 0.3) is 0 Å². The number of nitrogens with one attached hydrogen (secondary N) is 3. The van der Waals surface area contributed by atoms with E-state index in [-0.39, 0.29) is 54.1 Å². The van der Waals surface area contributed by atoms with Gasteiger partial charge in [0.1, 0.15) is 39.1 Å². The molecule has 5 amide bonds. The fourth-order valence-corrected chi connectivity index (χ4v) is 9.19. The van der Waals surface area contributed by atoms with Crippen LogP contribution in [0.4, 0.5) is 26.7 Å². The number of tetrazole rings is 1. The predicted octanol–water partition coefficient (Wildman–Crippen LogP) is 5.13. The van der Waals surface area contributed by atoms with Gasteiger partial charge in [-0.25, -0.2) is 27.4 Å². The number of carbonyl (C=O) groups excluding carboxylic acids is 6. The van der Waals surface area contributed by atoms with Gasteiger partial charge in [0, 0.05) is 47.3 Å². The van der Waals surface area contributed by atoms with Crippen LogP contribution in [0, 0.1) is 0 Å². The van der Waals surface area contributed by atoms with Crippen molar-refractivity contribution in [3.63, 3.8) is 0 Å². The standard InChI is InChI=1S/C44H49ClN10O10S/c1-43(2,3)64-40(59)36-23-27-22-31(12-14-32(27)55(36)42(61)65-44(4,5)6)47-37(56)35(21-26-7-10-29(11-8-26)48-41(60)49-30-15-19-66(62,63)20-16-30)53-18-17-52(38(57)39(53)58)34-24-28(45)9-13-33(34)54-25-46-50-51-54/h7-14,22-25,30,35H,15-21H2,1-6H3,(H,47,56)(H2,48,49,60). The first-order valence-electron chi connectivity index (χ1n) is 21.0. The van der Waals surface area contributed by atoms with Gasteiger partial charge in [0.15, 0.2) is 0 Å².